The molecule has 0 aliphatic heterocycles. The van der Waals surface area contributed by atoms with Crippen LogP contribution >= 0.6 is 11.6 Å². The largest absolute Gasteiger partial charge is 0.496 e. The number of anilines is 1. The second kappa shape index (κ2) is 8.48. The van der Waals surface area contributed by atoms with Crippen LogP contribution in [0.2, 0.25) is 5.02 Å². The van der Waals surface area contributed by atoms with Gasteiger partial charge in [-0.1, -0.05) is 29.3 Å². The summed E-state index contributed by atoms with van der Waals surface area (Å²) in [6.07, 6.45) is -0.0134. The van der Waals surface area contributed by atoms with E-state index in [1.807, 2.05) is 19.1 Å². The number of ether oxygens (including phenoxy) is 2. The number of benzene rings is 2. The highest BCUT2D eigenvalue weighted by Crippen LogP contribution is 2.21. The Bertz CT molecular complexity index is 795. The third kappa shape index (κ3) is 5.46. The fourth-order valence-electron chi connectivity index (χ4n) is 2.17. The molecule has 0 atom stereocenters. The first-order chi connectivity index (χ1) is 11.9. The standard InChI is InChI=1S/C18H17ClFNO4/c1-11-3-6-16(24-2)12(7-11)8-18(23)25-10-17(22)21-13-4-5-15(20)14(19)9-13/h3-7,9H,8,10H2,1-2H3,(H,21,22). The molecule has 0 saturated heterocycles. The molecule has 1 amide bonds. The van der Waals surface area contributed by atoms with Crippen LogP contribution < -0.4 is 10.1 Å². The van der Waals surface area contributed by atoms with Gasteiger partial charge in [0.15, 0.2) is 6.61 Å². The molecule has 0 saturated carbocycles. The van der Waals surface area contributed by atoms with Gasteiger partial charge in [-0.3, -0.25) is 9.59 Å². The van der Waals surface area contributed by atoms with Gasteiger partial charge in [-0.2, -0.15) is 0 Å². The Balaban J connectivity index is 1.88. The molecule has 0 heterocycles. The van der Waals surface area contributed by atoms with E-state index < -0.39 is 24.3 Å². The van der Waals surface area contributed by atoms with Crippen molar-refractivity contribution in [3.8, 4) is 5.75 Å². The molecular formula is C18H17ClFNO4. The number of carbonyl (C=O) groups excluding carboxylic acids is 2. The van der Waals surface area contributed by atoms with E-state index in [1.54, 1.807) is 6.07 Å². The van der Waals surface area contributed by atoms with Crippen molar-refractivity contribution in [2.45, 2.75) is 13.3 Å². The summed E-state index contributed by atoms with van der Waals surface area (Å²) in [5.74, 6) is -1.12. The molecule has 0 aliphatic rings. The topological polar surface area (TPSA) is 64.6 Å². The number of rotatable bonds is 6. The Morgan fingerprint density at radius 2 is 1.96 bits per heavy atom. The Labute approximate surface area is 149 Å². The van der Waals surface area contributed by atoms with Crippen LogP contribution in [0.25, 0.3) is 0 Å². The molecular weight excluding hydrogens is 349 g/mol. The maximum absolute atomic E-state index is 13.1. The SMILES string of the molecule is COc1ccc(C)cc1CC(=O)OCC(=O)Nc1ccc(F)c(Cl)c1. The van der Waals surface area contributed by atoms with E-state index in [0.717, 1.165) is 11.6 Å². The van der Waals surface area contributed by atoms with E-state index in [4.69, 9.17) is 21.1 Å². The van der Waals surface area contributed by atoms with E-state index in [-0.39, 0.29) is 11.4 Å². The van der Waals surface area contributed by atoms with Crippen molar-refractivity contribution >= 4 is 29.2 Å². The molecule has 0 radical (unpaired) electrons. The summed E-state index contributed by atoms with van der Waals surface area (Å²) in [5.41, 5.74) is 1.97. The average molecular weight is 366 g/mol. The summed E-state index contributed by atoms with van der Waals surface area (Å²) >= 11 is 5.63. The maximum Gasteiger partial charge on any atom is 0.310 e. The number of aryl methyl sites for hydroxylation is 1. The number of amides is 1. The van der Waals surface area contributed by atoms with Crippen LogP contribution in [0, 0.1) is 12.7 Å². The summed E-state index contributed by atoms with van der Waals surface area (Å²) in [6, 6.07) is 9.22. The summed E-state index contributed by atoms with van der Waals surface area (Å²) in [5, 5.41) is 2.36. The van der Waals surface area contributed by atoms with Gasteiger partial charge in [0.1, 0.15) is 11.6 Å². The summed E-state index contributed by atoms with van der Waals surface area (Å²) in [4.78, 5) is 23.7. The molecule has 7 heteroatoms. The number of nitrogens with one attached hydrogen (secondary N) is 1. The van der Waals surface area contributed by atoms with E-state index in [0.29, 0.717) is 17.0 Å². The molecule has 2 aromatic carbocycles. The number of methoxy groups -OCH3 is 1. The summed E-state index contributed by atoms with van der Waals surface area (Å²) in [6.45, 7) is 1.44. The summed E-state index contributed by atoms with van der Waals surface area (Å²) in [7, 11) is 1.51. The smallest absolute Gasteiger partial charge is 0.310 e. The van der Waals surface area contributed by atoms with Gasteiger partial charge in [0, 0.05) is 11.3 Å². The highest BCUT2D eigenvalue weighted by molar-refractivity contribution is 6.31. The lowest BCUT2D eigenvalue weighted by molar-refractivity contribution is -0.146. The van der Waals surface area contributed by atoms with Crippen molar-refractivity contribution in [2.24, 2.45) is 0 Å². The van der Waals surface area contributed by atoms with Gasteiger partial charge in [-0.25, -0.2) is 4.39 Å². The van der Waals surface area contributed by atoms with Crippen molar-refractivity contribution < 1.29 is 23.5 Å². The second-order valence-electron chi connectivity index (χ2n) is 5.33. The van der Waals surface area contributed by atoms with Crippen LogP contribution in [0.1, 0.15) is 11.1 Å². The van der Waals surface area contributed by atoms with Crippen molar-refractivity contribution in [3.05, 3.63) is 58.4 Å². The van der Waals surface area contributed by atoms with Crippen molar-refractivity contribution in [1.82, 2.24) is 0 Å². The molecule has 2 aromatic rings. The fourth-order valence-corrected chi connectivity index (χ4v) is 2.35. The molecule has 0 unspecified atom stereocenters. The van der Waals surface area contributed by atoms with Gasteiger partial charge >= 0.3 is 5.97 Å². The van der Waals surface area contributed by atoms with Crippen LogP contribution in [0.4, 0.5) is 10.1 Å². The summed E-state index contributed by atoms with van der Waals surface area (Å²) < 4.78 is 23.2. The van der Waals surface area contributed by atoms with Gasteiger partial charge in [0.25, 0.3) is 5.91 Å². The first-order valence-corrected chi connectivity index (χ1v) is 7.81. The fraction of sp³-hybridized carbons (Fsp3) is 0.222. The molecule has 132 valence electrons. The minimum Gasteiger partial charge on any atom is -0.496 e. The molecule has 5 nitrogen and oxygen atoms in total. The van der Waals surface area contributed by atoms with Crippen LogP contribution in [-0.4, -0.2) is 25.6 Å². The van der Waals surface area contributed by atoms with E-state index in [1.165, 1.54) is 19.2 Å². The third-order valence-corrected chi connectivity index (χ3v) is 3.63. The quantitative estimate of drug-likeness (QED) is 0.795. The molecule has 0 fully saturated rings. The van der Waals surface area contributed by atoms with Crippen LogP contribution in [-0.2, 0) is 20.7 Å². The predicted molar refractivity (Wildman–Crippen MR) is 92.4 cm³/mol. The Morgan fingerprint density at radius 1 is 1.20 bits per heavy atom. The van der Waals surface area contributed by atoms with Gasteiger partial charge in [-0.05, 0) is 31.2 Å². The first kappa shape index (κ1) is 18.7. The molecule has 1 N–H and O–H groups in total. The van der Waals surface area contributed by atoms with Crippen molar-refractivity contribution in [2.75, 3.05) is 19.0 Å². The highest BCUT2D eigenvalue weighted by atomic mass is 35.5. The Morgan fingerprint density at radius 3 is 2.64 bits per heavy atom. The molecule has 25 heavy (non-hydrogen) atoms. The van der Waals surface area contributed by atoms with Gasteiger partial charge in [-0.15, -0.1) is 0 Å². The van der Waals surface area contributed by atoms with Crippen LogP contribution in [0.5, 0.6) is 5.75 Å². The molecule has 0 aromatic heterocycles. The van der Waals surface area contributed by atoms with Crippen molar-refractivity contribution in [3.63, 3.8) is 0 Å². The lowest BCUT2D eigenvalue weighted by atomic mass is 10.1. The number of halogens is 2. The van der Waals surface area contributed by atoms with E-state index >= 15 is 0 Å². The third-order valence-electron chi connectivity index (χ3n) is 3.34. The first-order valence-electron chi connectivity index (χ1n) is 7.43. The zero-order valence-corrected chi connectivity index (χ0v) is 14.5. The minimum atomic E-state index is -0.585. The van der Waals surface area contributed by atoms with Gasteiger partial charge in [0.05, 0.1) is 18.6 Å². The van der Waals surface area contributed by atoms with E-state index in [2.05, 4.69) is 5.32 Å². The zero-order valence-electron chi connectivity index (χ0n) is 13.8. The lowest BCUT2D eigenvalue weighted by Crippen LogP contribution is -2.21. The monoisotopic (exact) mass is 365 g/mol. The van der Waals surface area contributed by atoms with Crippen molar-refractivity contribution in [1.29, 1.82) is 0 Å². The minimum absolute atomic E-state index is 0.0134. The van der Waals surface area contributed by atoms with Crippen LogP contribution in [0.3, 0.4) is 0 Å². The average Bonchev–Trinajstić information content (AvgIpc) is 2.57. The molecule has 2 rings (SSSR count). The number of hydrogen-bond donors (Lipinski definition) is 1. The van der Waals surface area contributed by atoms with Gasteiger partial charge < -0.3 is 14.8 Å². The van der Waals surface area contributed by atoms with Crippen LogP contribution in [0.15, 0.2) is 36.4 Å². The Hall–Kier alpha value is -2.60. The molecule has 0 bridgehead atoms. The zero-order chi connectivity index (χ0) is 18.4. The normalized spacial score (nSPS) is 10.2. The molecule has 0 spiro atoms. The number of esters is 1. The number of carbonyl (C=O) groups is 2. The lowest BCUT2D eigenvalue weighted by Gasteiger charge is -2.10. The van der Waals surface area contributed by atoms with Gasteiger partial charge in [0.2, 0.25) is 0 Å². The predicted octanol–water partition coefficient (Wildman–Crippen LogP) is 3.52. The maximum atomic E-state index is 13.1. The highest BCUT2D eigenvalue weighted by Gasteiger charge is 2.13. The Kier molecular flexibility index (Phi) is 6.36. The molecule has 0 aliphatic carbocycles. The second-order valence-corrected chi connectivity index (χ2v) is 5.74. The number of hydrogen-bond acceptors (Lipinski definition) is 4. The van der Waals surface area contributed by atoms with E-state index in [9.17, 15) is 14.0 Å².